The molecule has 1 aliphatic carbocycles. The molecule has 0 saturated heterocycles. The molecule has 0 bridgehead atoms. The van der Waals surface area contributed by atoms with Crippen LogP contribution in [0.4, 0.5) is 0 Å². The van der Waals surface area contributed by atoms with Crippen LogP contribution in [0.1, 0.15) is 45.6 Å². The molecule has 1 aliphatic rings. The van der Waals surface area contributed by atoms with E-state index in [-0.39, 0.29) is 18.1 Å². The third-order valence-corrected chi connectivity index (χ3v) is 6.47. The summed E-state index contributed by atoms with van der Waals surface area (Å²) in [7, 11) is -3.24. The van der Waals surface area contributed by atoms with Gasteiger partial charge >= 0.3 is 0 Å². The highest BCUT2D eigenvalue weighted by Crippen LogP contribution is 2.48. The summed E-state index contributed by atoms with van der Waals surface area (Å²) >= 11 is 0. The van der Waals surface area contributed by atoms with Crippen molar-refractivity contribution in [3.05, 3.63) is 17.5 Å². The SMILES string of the molecule is CC(C)S(=O)(=O)N[C@H]1C[C@@H](Cc2cc(CO)on2)C1(C)C. The molecule has 1 fully saturated rings. The largest absolute Gasteiger partial charge is 0.388 e. The normalized spacial score (nSPS) is 25.0. The summed E-state index contributed by atoms with van der Waals surface area (Å²) < 4.78 is 31.7. The monoisotopic (exact) mass is 316 g/mol. The predicted molar refractivity (Wildman–Crippen MR) is 79.0 cm³/mol. The lowest BCUT2D eigenvalue weighted by atomic mass is 9.57. The van der Waals surface area contributed by atoms with E-state index in [0.29, 0.717) is 11.7 Å². The van der Waals surface area contributed by atoms with E-state index in [2.05, 4.69) is 23.7 Å². The molecule has 1 aromatic rings. The first kappa shape index (κ1) is 16.5. The van der Waals surface area contributed by atoms with E-state index in [0.717, 1.165) is 18.5 Å². The summed E-state index contributed by atoms with van der Waals surface area (Å²) in [5.41, 5.74) is 0.683. The van der Waals surface area contributed by atoms with E-state index in [9.17, 15) is 8.42 Å². The van der Waals surface area contributed by atoms with Gasteiger partial charge in [0.1, 0.15) is 6.61 Å². The van der Waals surface area contributed by atoms with Crippen molar-refractivity contribution in [2.75, 3.05) is 0 Å². The number of rotatable bonds is 6. The first-order chi connectivity index (χ1) is 9.66. The Morgan fingerprint density at radius 1 is 1.52 bits per heavy atom. The van der Waals surface area contributed by atoms with Crippen LogP contribution in [0.15, 0.2) is 10.6 Å². The summed E-state index contributed by atoms with van der Waals surface area (Å²) in [5, 5.41) is 12.5. The molecule has 0 aliphatic heterocycles. The number of aliphatic hydroxyl groups excluding tert-OH is 1. The number of hydrogen-bond acceptors (Lipinski definition) is 5. The van der Waals surface area contributed by atoms with Gasteiger partial charge in [-0.25, -0.2) is 13.1 Å². The lowest BCUT2D eigenvalue weighted by Gasteiger charge is -2.52. The van der Waals surface area contributed by atoms with Crippen molar-refractivity contribution in [2.24, 2.45) is 11.3 Å². The van der Waals surface area contributed by atoms with Gasteiger partial charge in [-0.15, -0.1) is 0 Å². The molecule has 1 saturated carbocycles. The Bertz CT molecular complexity index is 592. The maximum atomic E-state index is 12.0. The number of aliphatic hydroxyl groups is 1. The highest BCUT2D eigenvalue weighted by atomic mass is 32.2. The Morgan fingerprint density at radius 2 is 2.19 bits per heavy atom. The van der Waals surface area contributed by atoms with Crippen molar-refractivity contribution in [1.29, 1.82) is 0 Å². The molecule has 0 unspecified atom stereocenters. The Morgan fingerprint density at radius 3 is 2.67 bits per heavy atom. The van der Waals surface area contributed by atoms with Gasteiger partial charge in [-0.05, 0) is 38.0 Å². The number of aromatic nitrogens is 1. The lowest BCUT2D eigenvalue weighted by Crippen LogP contribution is -2.59. The van der Waals surface area contributed by atoms with Gasteiger partial charge < -0.3 is 9.63 Å². The smallest absolute Gasteiger partial charge is 0.214 e. The molecule has 1 heterocycles. The number of sulfonamides is 1. The third kappa shape index (κ3) is 3.30. The van der Waals surface area contributed by atoms with Crippen LogP contribution in [0.5, 0.6) is 0 Å². The van der Waals surface area contributed by atoms with Crippen LogP contribution in [0, 0.1) is 11.3 Å². The van der Waals surface area contributed by atoms with Gasteiger partial charge in [0.2, 0.25) is 10.0 Å². The average Bonchev–Trinajstić information content (AvgIpc) is 2.85. The first-order valence-electron chi connectivity index (χ1n) is 7.23. The van der Waals surface area contributed by atoms with Crippen molar-refractivity contribution in [2.45, 2.75) is 58.4 Å². The fraction of sp³-hybridized carbons (Fsp3) is 0.786. The standard InChI is InChI=1S/C14H24N2O4S/c1-9(2)21(18,19)16-13-6-10(14(13,3)4)5-11-7-12(8-17)20-15-11/h7,9-10,13,16-17H,5-6,8H2,1-4H3/t10-,13+/m1/s1. The van der Waals surface area contributed by atoms with E-state index >= 15 is 0 Å². The molecule has 0 amide bonds. The number of hydrogen-bond donors (Lipinski definition) is 2. The fourth-order valence-corrected chi connectivity index (χ4v) is 3.74. The quantitative estimate of drug-likeness (QED) is 0.828. The number of nitrogens with one attached hydrogen (secondary N) is 1. The van der Waals surface area contributed by atoms with Crippen molar-refractivity contribution < 1.29 is 18.0 Å². The van der Waals surface area contributed by atoms with Gasteiger partial charge in [0.25, 0.3) is 0 Å². The molecule has 0 radical (unpaired) electrons. The van der Waals surface area contributed by atoms with E-state index in [1.807, 2.05) is 0 Å². The summed E-state index contributed by atoms with van der Waals surface area (Å²) in [6, 6.07) is 1.71. The zero-order chi connectivity index (χ0) is 15.8. The Labute approximate surface area is 126 Å². The highest BCUT2D eigenvalue weighted by molar-refractivity contribution is 7.90. The molecule has 0 aromatic carbocycles. The van der Waals surface area contributed by atoms with Crippen molar-refractivity contribution in [1.82, 2.24) is 9.88 Å². The average molecular weight is 316 g/mol. The van der Waals surface area contributed by atoms with Crippen molar-refractivity contribution in [3.8, 4) is 0 Å². The van der Waals surface area contributed by atoms with E-state index in [1.54, 1.807) is 19.9 Å². The van der Waals surface area contributed by atoms with Crippen LogP contribution >= 0.6 is 0 Å². The minimum atomic E-state index is -3.24. The third-order valence-electron chi connectivity index (χ3n) is 4.62. The second-order valence-electron chi connectivity index (χ2n) is 6.66. The maximum absolute atomic E-state index is 12.0. The van der Waals surface area contributed by atoms with Crippen LogP contribution in [0.3, 0.4) is 0 Å². The number of nitrogens with zero attached hydrogens (tertiary/aromatic N) is 1. The van der Waals surface area contributed by atoms with Crippen molar-refractivity contribution >= 4 is 10.0 Å². The van der Waals surface area contributed by atoms with Gasteiger partial charge in [-0.2, -0.15) is 0 Å². The summed E-state index contributed by atoms with van der Waals surface area (Å²) in [5.74, 6) is 0.799. The minimum Gasteiger partial charge on any atom is -0.388 e. The van der Waals surface area contributed by atoms with E-state index < -0.39 is 15.3 Å². The summed E-state index contributed by atoms with van der Waals surface area (Å²) in [4.78, 5) is 0. The molecule has 120 valence electrons. The van der Waals surface area contributed by atoms with Gasteiger partial charge in [-0.3, -0.25) is 0 Å². The molecule has 2 atom stereocenters. The maximum Gasteiger partial charge on any atom is 0.214 e. The molecule has 21 heavy (non-hydrogen) atoms. The Kier molecular flexibility index (Phi) is 4.46. The second kappa shape index (κ2) is 5.70. The molecule has 1 aromatic heterocycles. The van der Waals surface area contributed by atoms with E-state index in [1.165, 1.54) is 0 Å². The molecule has 0 spiro atoms. The molecular formula is C14H24N2O4S. The molecule has 2 N–H and O–H groups in total. The molecular weight excluding hydrogens is 292 g/mol. The molecule has 2 rings (SSSR count). The summed E-state index contributed by atoms with van der Waals surface area (Å²) in [6.07, 6.45) is 1.52. The highest BCUT2D eigenvalue weighted by Gasteiger charge is 2.49. The first-order valence-corrected chi connectivity index (χ1v) is 8.78. The van der Waals surface area contributed by atoms with Crippen LogP contribution in [0.25, 0.3) is 0 Å². The van der Waals surface area contributed by atoms with Gasteiger partial charge in [0.15, 0.2) is 5.76 Å². The zero-order valence-corrected chi connectivity index (χ0v) is 13.8. The van der Waals surface area contributed by atoms with Gasteiger partial charge in [-0.1, -0.05) is 19.0 Å². The Balaban J connectivity index is 1.98. The van der Waals surface area contributed by atoms with Crippen LogP contribution in [0.2, 0.25) is 0 Å². The van der Waals surface area contributed by atoms with Crippen LogP contribution in [-0.4, -0.2) is 30.0 Å². The zero-order valence-electron chi connectivity index (χ0n) is 13.0. The van der Waals surface area contributed by atoms with Gasteiger partial charge in [0.05, 0.1) is 10.9 Å². The van der Waals surface area contributed by atoms with Crippen molar-refractivity contribution in [3.63, 3.8) is 0 Å². The molecule has 6 nitrogen and oxygen atoms in total. The lowest BCUT2D eigenvalue weighted by molar-refractivity contribution is 0.0269. The van der Waals surface area contributed by atoms with Crippen LogP contribution in [-0.2, 0) is 23.1 Å². The van der Waals surface area contributed by atoms with Crippen LogP contribution < -0.4 is 4.72 Å². The van der Waals surface area contributed by atoms with E-state index in [4.69, 9.17) is 9.63 Å². The molecule has 7 heteroatoms. The minimum absolute atomic E-state index is 0.0425. The summed E-state index contributed by atoms with van der Waals surface area (Å²) in [6.45, 7) is 7.34. The topological polar surface area (TPSA) is 92.4 Å². The second-order valence-corrected chi connectivity index (χ2v) is 8.93. The fourth-order valence-electron chi connectivity index (χ4n) is 2.68. The Hall–Kier alpha value is -0.920. The predicted octanol–water partition coefficient (Wildman–Crippen LogP) is 1.45. The van der Waals surface area contributed by atoms with Gasteiger partial charge in [0, 0.05) is 12.1 Å².